The third-order valence-corrected chi connectivity index (χ3v) is 5.03. The van der Waals surface area contributed by atoms with Gasteiger partial charge in [-0.1, -0.05) is 6.08 Å². The Morgan fingerprint density at radius 1 is 1.29 bits per heavy atom. The Labute approximate surface area is 125 Å². The van der Waals surface area contributed by atoms with Crippen molar-refractivity contribution in [3.63, 3.8) is 0 Å². The van der Waals surface area contributed by atoms with E-state index in [1.807, 2.05) is 0 Å². The predicted octanol–water partition coefficient (Wildman–Crippen LogP) is 1.75. The number of nitrogens with zero attached hydrogens (tertiary/aromatic N) is 3. The van der Waals surface area contributed by atoms with Crippen LogP contribution in [0.3, 0.4) is 0 Å². The minimum Gasteiger partial charge on any atom is -0.371 e. The minimum atomic E-state index is -0.325. The molecule has 3 heterocycles. The lowest BCUT2D eigenvalue weighted by molar-refractivity contribution is 0.369. The monoisotopic (exact) mass is 298 g/mol. The van der Waals surface area contributed by atoms with Crippen LogP contribution >= 0.6 is 11.3 Å². The van der Waals surface area contributed by atoms with Crippen molar-refractivity contribution in [2.24, 2.45) is 0 Å². The number of fused-ring (bicyclic) bond motifs is 1. The lowest BCUT2D eigenvalue weighted by Crippen LogP contribution is -2.26. The van der Waals surface area contributed by atoms with Crippen LogP contribution in [0.25, 0.3) is 10.6 Å². The van der Waals surface area contributed by atoms with Gasteiger partial charge in [-0.25, -0.2) is 14.8 Å². The van der Waals surface area contributed by atoms with Crippen molar-refractivity contribution in [3.8, 4) is 10.6 Å². The second-order valence-electron chi connectivity index (χ2n) is 5.13. The second-order valence-corrected chi connectivity index (χ2v) is 6.22. The molecule has 21 heavy (non-hydrogen) atoms. The molecule has 2 aromatic rings. The Kier molecular flexibility index (Phi) is 2.96. The molecule has 0 radical (unpaired) electrons. The fourth-order valence-corrected chi connectivity index (χ4v) is 3.67. The first-order valence-electron chi connectivity index (χ1n) is 6.96. The van der Waals surface area contributed by atoms with Gasteiger partial charge in [-0.15, -0.1) is 11.3 Å². The van der Waals surface area contributed by atoms with Crippen LogP contribution in [0.1, 0.15) is 10.6 Å². The molecule has 0 bridgehead atoms. The van der Waals surface area contributed by atoms with Crippen molar-refractivity contribution >= 4 is 11.3 Å². The standard InChI is InChI=1S/C15H14N4OS/c20-15-16-8-10(9-17-15)14-18-12-4-6-19(11-2-1-3-11)7-5-13(12)21-14/h1-3,8-9H,4-7H2,(H,16,17,20). The Hall–Kier alpha value is -2.21. The van der Waals surface area contributed by atoms with E-state index in [4.69, 9.17) is 4.98 Å². The van der Waals surface area contributed by atoms with E-state index in [-0.39, 0.29) is 5.69 Å². The molecule has 0 fully saturated rings. The van der Waals surface area contributed by atoms with E-state index in [0.29, 0.717) is 0 Å². The van der Waals surface area contributed by atoms with Crippen LogP contribution in [0.4, 0.5) is 0 Å². The van der Waals surface area contributed by atoms with Gasteiger partial charge in [0, 0.05) is 54.5 Å². The molecule has 6 heteroatoms. The highest BCUT2D eigenvalue weighted by Gasteiger charge is 2.20. The van der Waals surface area contributed by atoms with Crippen LogP contribution in [-0.2, 0) is 12.8 Å². The molecule has 106 valence electrons. The molecule has 2 aromatic heterocycles. The molecule has 5 nitrogen and oxygen atoms in total. The Morgan fingerprint density at radius 2 is 2.14 bits per heavy atom. The number of thiazole rings is 1. The van der Waals surface area contributed by atoms with Gasteiger partial charge in [0.05, 0.1) is 5.69 Å². The fourth-order valence-electron chi connectivity index (χ4n) is 2.60. The summed E-state index contributed by atoms with van der Waals surface area (Å²) in [6.45, 7) is 2.05. The number of aromatic nitrogens is 3. The summed E-state index contributed by atoms with van der Waals surface area (Å²) in [5, 5.41) is 0.944. The molecule has 0 aromatic carbocycles. The van der Waals surface area contributed by atoms with Crippen LogP contribution in [0.5, 0.6) is 0 Å². The molecule has 1 aliphatic heterocycles. The number of hydrogen-bond donors (Lipinski definition) is 1. The molecule has 0 saturated carbocycles. The second kappa shape index (κ2) is 4.96. The summed E-state index contributed by atoms with van der Waals surface area (Å²) >= 11 is 1.71. The van der Waals surface area contributed by atoms with Gasteiger partial charge in [-0.05, 0) is 12.2 Å². The maximum atomic E-state index is 11.0. The van der Waals surface area contributed by atoms with Crippen LogP contribution < -0.4 is 5.69 Å². The number of aromatic amines is 1. The molecule has 0 saturated heterocycles. The van der Waals surface area contributed by atoms with Crippen molar-refractivity contribution in [1.29, 1.82) is 0 Å². The lowest BCUT2D eigenvalue weighted by atomic mass is 10.2. The average Bonchev–Trinajstić information content (AvgIpc) is 2.75. The zero-order valence-corrected chi connectivity index (χ0v) is 12.2. The quantitative estimate of drug-likeness (QED) is 0.917. The topological polar surface area (TPSA) is 61.9 Å². The third kappa shape index (κ3) is 2.31. The molecule has 0 unspecified atom stereocenters. The zero-order valence-electron chi connectivity index (χ0n) is 11.4. The molecular formula is C15H14N4OS. The number of allylic oxidation sites excluding steroid dienone is 3. The first-order chi connectivity index (χ1) is 10.3. The molecule has 0 amide bonds. The smallest absolute Gasteiger partial charge is 0.344 e. The summed E-state index contributed by atoms with van der Waals surface area (Å²) in [6, 6.07) is 0. The van der Waals surface area contributed by atoms with Gasteiger partial charge < -0.3 is 9.88 Å². The Morgan fingerprint density at radius 3 is 2.86 bits per heavy atom. The molecule has 2 aliphatic rings. The maximum absolute atomic E-state index is 11.0. The van der Waals surface area contributed by atoms with E-state index in [1.54, 1.807) is 23.7 Å². The molecule has 0 atom stereocenters. The van der Waals surface area contributed by atoms with Crippen molar-refractivity contribution in [3.05, 3.63) is 57.4 Å². The molecule has 4 rings (SSSR count). The van der Waals surface area contributed by atoms with Gasteiger partial charge in [-0.2, -0.15) is 0 Å². The van der Waals surface area contributed by atoms with Gasteiger partial charge in [0.15, 0.2) is 0 Å². The summed E-state index contributed by atoms with van der Waals surface area (Å²) in [5.74, 6) is 0. The van der Waals surface area contributed by atoms with Crippen LogP contribution in [0, 0.1) is 0 Å². The van der Waals surface area contributed by atoms with Crippen molar-refractivity contribution in [2.75, 3.05) is 13.1 Å². The average molecular weight is 298 g/mol. The summed E-state index contributed by atoms with van der Waals surface area (Å²) < 4.78 is 0. The van der Waals surface area contributed by atoms with Crippen LogP contribution in [-0.4, -0.2) is 32.9 Å². The van der Waals surface area contributed by atoms with E-state index in [2.05, 4.69) is 33.1 Å². The SMILES string of the molecule is O=c1ncc(-c2nc3c(s2)CCN(C2=CC=C2)CC3)c[nH]1. The zero-order chi connectivity index (χ0) is 14.2. The lowest BCUT2D eigenvalue weighted by Gasteiger charge is -2.26. The Bertz CT molecular complexity index is 756. The fraction of sp³-hybridized carbons (Fsp3) is 0.267. The van der Waals surface area contributed by atoms with Crippen molar-refractivity contribution in [1.82, 2.24) is 19.9 Å². The highest BCUT2D eigenvalue weighted by Crippen LogP contribution is 2.30. The molecular weight excluding hydrogens is 284 g/mol. The molecule has 1 aliphatic carbocycles. The van der Waals surface area contributed by atoms with Crippen molar-refractivity contribution in [2.45, 2.75) is 12.8 Å². The maximum Gasteiger partial charge on any atom is 0.344 e. The van der Waals surface area contributed by atoms with E-state index < -0.39 is 0 Å². The third-order valence-electron chi connectivity index (χ3n) is 3.82. The van der Waals surface area contributed by atoms with Crippen LogP contribution in [0.2, 0.25) is 0 Å². The first kappa shape index (κ1) is 12.5. The summed E-state index contributed by atoms with van der Waals surface area (Å²) in [7, 11) is 0. The number of hydrogen-bond acceptors (Lipinski definition) is 5. The van der Waals surface area contributed by atoms with Gasteiger partial charge >= 0.3 is 5.69 Å². The number of nitrogens with one attached hydrogen (secondary N) is 1. The van der Waals surface area contributed by atoms with E-state index in [1.165, 1.54) is 16.3 Å². The van der Waals surface area contributed by atoms with Crippen molar-refractivity contribution < 1.29 is 0 Å². The van der Waals surface area contributed by atoms with E-state index in [9.17, 15) is 4.79 Å². The highest BCUT2D eigenvalue weighted by atomic mass is 32.1. The normalized spacial score (nSPS) is 17.0. The van der Waals surface area contributed by atoms with E-state index >= 15 is 0 Å². The van der Waals surface area contributed by atoms with Gasteiger partial charge in [0.1, 0.15) is 5.01 Å². The predicted molar refractivity (Wildman–Crippen MR) is 82.2 cm³/mol. The van der Waals surface area contributed by atoms with Crippen LogP contribution in [0.15, 0.2) is 41.1 Å². The van der Waals surface area contributed by atoms with Gasteiger partial charge in [-0.3, -0.25) is 0 Å². The largest absolute Gasteiger partial charge is 0.371 e. The Balaban J connectivity index is 1.57. The van der Waals surface area contributed by atoms with Gasteiger partial charge in [0.2, 0.25) is 0 Å². The summed E-state index contributed by atoms with van der Waals surface area (Å²) in [4.78, 5) is 25.9. The van der Waals surface area contributed by atoms with Gasteiger partial charge in [0.25, 0.3) is 0 Å². The highest BCUT2D eigenvalue weighted by molar-refractivity contribution is 7.15. The summed E-state index contributed by atoms with van der Waals surface area (Å²) in [5.41, 5.74) is 3.08. The number of rotatable bonds is 2. The van der Waals surface area contributed by atoms with E-state index in [0.717, 1.165) is 36.5 Å². The summed E-state index contributed by atoms with van der Waals surface area (Å²) in [6.07, 6.45) is 11.7. The molecule has 0 spiro atoms. The number of H-pyrrole nitrogens is 1. The first-order valence-corrected chi connectivity index (χ1v) is 7.78. The minimum absolute atomic E-state index is 0.325. The molecule has 1 N–H and O–H groups in total.